The molecule has 33 heteroatoms. The average molecular weight is 1910 g/mol. The van der Waals surface area contributed by atoms with Gasteiger partial charge in [-0.25, -0.2) is 39.5 Å². The number of rotatable bonds is 16. The Labute approximate surface area is 797 Å². The highest BCUT2D eigenvalue weighted by atomic mass is 19.2. The van der Waals surface area contributed by atoms with E-state index >= 15 is 44.3 Å². The van der Waals surface area contributed by atoms with Gasteiger partial charge in [0.1, 0.15) is 69.2 Å². The first-order valence-electron chi connectivity index (χ1n) is 46.5. The first-order chi connectivity index (χ1) is 66.1. The number of fused-ring (bicyclic) bond motifs is 15. The molecule has 6 aliphatic heterocycles. The minimum Gasteiger partial charge on any atom is -0.507 e. The van der Waals surface area contributed by atoms with Crippen molar-refractivity contribution in [2.45, 2.75) is 164 Å². The number of hydrogen-bond donors (Lipinski definition) is 4. The number of nitrogens with zero attached hydrogens (tertiary/aromatic N) is 14. The van der Waals surface area contributed by atoms with Gasteiger partial charge in [-0.2, -0.15) is 0 Å². The van der Waals surface area contributed by atoms with Gasteiger partial charge in [0.25, 0.3) is 16.7 Å². The molecule has 4 N–H and O–H groups in total. The van der Waals surface area contributed by atoms with Crippen LogP contribution in [-0.4, -0.2) is 185 Å². The number of carbonyl (C=O) groups is 3. The van der Waals surface area contributed by atoms with E-state index in [4.69, 9.17) is 0 Å². The van der Waals surface area contributed by atoms with Crippen molar-refractivity contribution in [2.75, 3.05) is 102 Å². The third kappa shape index (κ3) is 16.7. The Morgan fingerprint density at radius 2 is 0.748 bits per heavy atom. The van der Waals surface area contributed by atoms with Crippen LogP contribution in [0.1, 0.15) is 141 Å². The Balaban J connectivity index is 0.000000151. The predicted octanol–water partition coefficient (Wildman–Crippen LogP) is 18.7. The summed E-state index contributed by atoms with van der Waals surface area (Å²) < 4.78 is 150. The fourth-order valence-corrected chi connectivity index (χ4v) is 21.4. The molecule has 139 heavy (non-hydrogen) atoms. The van der Waals surface area contributed by atoms with Crippen molar-refractivity contribution >= 4 is 84.6 Å². The van der Waals surface area contributed by atoms with Crippen LogP contribution in [0, 0.1) is 79.0 Å². The maximum atomic E-state index is 17.5. The normalized spacial score (nSPS) is 17.7. The molecule has 0 aliphatic carbocycles. The molecule has 24 nitrogen and oxygen atoms in total. The number of nitrogens with one attached hydrogen (secondary N) is 1. The van der Waals surface area contributed by atoms with Gasteiger partial charge in [-0.15, -0.1) is 0 Å². The van der Waals surface area contributed by atoms with Crippen molar-refractivity contribution in [1.29, 1.82) is 0 Å². The summed E-state index contributed by atoms with van der Waals surface area (Å²) in [5, 5.41) is 35.3. The fraction of sp³-hybridized carbons (Fsp3) is 0.349. The number of phenols is 3. The topological polar surface area (TPSA) is 255 Å². The number of hydrogen-bond acceptors (Lipinski definition) is 18. The number of amides is 3. The lowest BCUT2D eigenvalue weighted by Crippen LogP contribution is -2.65. The number of piperazine rings is 3. The zero-order chi connectivity index (χ0) is 100. The second-order valence-corrected chi connectivity index (χ2v) is 38.1. The van der Waals surface area contributed by atoms with E-state index in [0.29, 0.717) is 145 Å². The van der Waals surface area contributed by atoms with E-state index < -0.39 is 120 Å². The number of anilines is 6. The molecule has 726 valence electrons. The van der Waals surface area contributed by atoms with Gasteiger partial charge in [-0.1, -0.05) is 93.3 Å². The van der Waals surface area contributed by atoms with E-state index in [2.05, 4.69) is 53.9 Å². The maximum absolute atomic E-state index is 17.5. The summed E-state index contributed by atoms with van der Waals surface area (Å²) >= 11 is 0. The number of halogens is 9. The lowest BCUT2D eigenvalue weighted by atomic mass is 9.94. The van der Waals surface area contributed by atoms with Gasteiger partial charge in [0.2, 0.25) is 17.7 Å². The third-order valence-electron chi connectivity index (χ3n) is 27.3. The molecule has 6 aliphatic rings. The van der Waals surface area contributed by atoms with Crippen molar-refractivity contribution < 1.29 is 69.2 Å². The highest BCUT2D eigenvalue weighted by Crippen LogP contribution is 2.52. The highest BCUT2D eigenvalue weighted by Gasteiger charge is 2.48. The van der Waals surface area contributed by atoms with Crippen LogP contribution in [0.25, 0.3) is 83.2 Å². The first-order valence-corrected chi connectivity index (χ1v) is 46.5. The molecule has 3 amide bonds. The van der Waals surface area contributed by atoms with Crippen LogP contribution >= 0.6 is 0 Å². The molecule has 0 saturated carbocycles. The van der Waals surface area contributed by atoms with Crippen LogP contribution in [-0.2, 0) is 14.4 Å². The first kappa shape index (κ1) is 97.7. The SMILES string of the molecule is C=CC(=O)N1CC(C)N2c3c(c(=O)n(-c4c(C)ccnc4C(C)C)c4c(F)c(-c5c(O)cccc5F)c(F)cc34)N(C)CC2C1.C=CC(=O)N1CC(C)N2c3c(c(=O)n(-c4c(C)ccnc4C(C)C)c4c(F)c(-c5c(O)cccc5F)c(F)cc34)N(CCCC(C)C)CC2C1.C=CC(=O)N1CC(C)N2c3c(c(=O)n(-c4c(C)ccnc4C(C)C)c4c(F)c(-c5c(O)cccc5F)c(F)cc34)NCC2C1. The van der Waals surface area contributed by atoms with Crippen LogP contribution in [0.5, 0.6) is 17.2 Å². The number of carbonyl (C=O) groups excluding carboxylic acids is 3. The molecule has 0 radical (unpaired) electrons. The monoisotopic (exact) mass is 1910 g/mol. The van der Waals surface area contributed by atoms with Gasteiger partial charge < -0.3 is 59.8 Å². The van der Waals surface area contributed by atoms with Gasteiger partial charge in [0.15, 0.2) is 17.5 Å². The Morgan fingerprint density at radius 1 is 0.417 bits per heavy atom. The predicted molar refractivity (Wildman–Crippen MR) is 525 cm³/mol. The summed E-state index contributed by atoms with van der Waals surface area (Å²) in [6.07, 6.45) is 10.3. The molecule has 0 spiro atoms. The second kappa shape index (κ2) is 38.2. The van der Waals surface area contributed by atoms with Crippen molar-refractivity contribution in [1.82, 2.24) is 43.4 Å². The third-order valence-corrected chi connectivity index (χ3v) is 27.3. The van der Waals surface area contributed by atoms with Crippen molar-refractivity contribution in [3.8, 4) is 67.7 Å². The standard InChI is InChI=1S/C39H44F3N5O3.C34H34F3N5O3.C33H32F3N5O3/c1-8-30(49)45-18-24(7)46-25(20-45)19-44(16-10-11-21(2)3)38-37(46)26-17-28(41)32(31-27(40)12-9-13-29(31)48)33(42)36(26)47(39(38)50)35-23(6)14-15-43-34(35)22(4)5;1-7-25(44)40-14-19(5)41-20(16-40)15-39(6)33-32(41)21-13-23(36)27(26-22(35)9-8-10-24(26)43)28(37)31(21)42(34(33)45)30-18(4)11-12-38-29(30)17(2)3;1-6-24(43)39-14-18(5)40-19(15-39)13-38-29-32(40)20-12-22(35)26(25-21(34)8-7-9-23(25)42)27(36)31(20)41(33(29)44)30-17(4)10-11-37-28(30)16(2)3/h8-9,12-15,17,21-22,24-25,48H,1,10-11,16,18-20H2,2-7H3;7-13,17,19-20,43H,1,14-16H2,2-6H3;6-12,16,18-19,38,42H,1,13-15H2,2-5H3. The molecular weight excluding hydrogens is 1800 g/mol. The lowest BCUT2D eigenvalue weighted by Gasteiger charge is -2.52. The van der Waals surface area contributed by atoms with Crippen LogP contribution in [0.3, 0.4) is 0 Å². The van der Waals surface area contributed by atoms with Gasteiger partial charge in [-0.05, 0) is 186 Å². The van der Waals surface area contributed by atoms with Crippen LogP contribution in [0.4, 0.5) is 73.6 Å². The van der Waals surface area contributed by atoms with Crippen molar-refractivity contribution in [3.63, 3.8) is 0 Å². The molecule has 3 saturated heterocycles. The maximum Gasteiger partial charge on any atom is 0.281 e. The van der Waals surface area contributed by atoms with E-state index in [-0.39, 0.29) is 116 Å². The minimum atomic E-state index is -1.20. The molecule has 0 bridgehead atoms. The Hall–Kier alpha value is -14.4. The summed E-state index contributed by atoms with van der Waals surface area (Å²) in [6, 6.07) is 16.8. The van der Waals surface area contributed by atoms with Gasteiger partial charge >= 0.3 is 0 Å². The largest absolute Gasteiger partial charge is 0.507 e. The number of likely N-dealkylation sites (N-methyl/N-ethyl adjacent to an activating group) is 1. The number of benzene rings is 6. The second-order valence-electron chi connectivity index (χ2n) is 38.1. The van der Waals surface area contributed by atoms with Crippen LogP contribution < -0.4 is 46.5 Å². The number of phenolic OH excluding ortho intramolecular Hbond substituents is 3. The Kier molecular flexibility index (Phi) is 26.8. The molecule has 12 heterocycles. The number of aromatic hydroxyl groups is 3. The van der Waals surface area contributed by atoms with Crippen molar-refractivity contribution in [2.24, 2.45) is 5.92 Å². The number of aromatic nitrogens is 6. The molecule has 6 aromatic carbocycles. The zero-order valence-corrected chi connectivity index (χ0v) is 80.0. The lowest BCUT2D eigenvalue weighted by molar-refractivity contribution is -0.128. The van der Waals surface area contributed by atoms with Gasteiger partial charge in [-0.3, -0.25) is 57.4 Å². The Morgan fingerprint density at radius 3 is 1.10 bits per heavy atom. The number of aryl methyl sites for hydroxylation is 3. The molecule has 18 rings (SSSR count). The van der Waals surface area contributed by atoms with E-state index in [0.717, 1.165) is 67.4 Å². The fourth-order valence-electron chi connectivity index (χ4n) is 21.4. The molecule has 6 atom stereocenters. The summed E-state index contributed by atoms with van der Waals surface area (Å²) in [6.45, 7) is 41.0. The summed E-state index contributed by atoms with van der Waals surface area (Å²) in [7, 11) is 1.74. The Bertz CT molecular complexity index is 7220. The summed E-state index contributed by atoms with van der Waals surface area (Å²) in [4.78, 5) is 111. The summed E-state index contributed by atoms with van der Waals surface area (Å²) in [5.74, 6) is -12.6. The van der Waals surface area contributed by atoms with Gasteiger partial charge in [0.05, 0.1) is 119 Å². The smallest absolute Gasteiger partial charge is 0.281 e. The van der Waals surface area contributed by atoms with Crippen LogP contribution in [0.2, 0.25) is 0 Å². The molecule has 6 unspecified atom stereocenters. The zero-order valence-electron chi connectivity index (χ0n) is 80.0. The quantitative estimate of drug-likeness (QED) is 0.0518. The molecule has 6 aromatic heterocycles. The van der Waals surface area contributed by atoms with Crippen molar-refractivity contribution in [3.05, 3.63) is 265 Å². The summed E-state index contributed by atoms with van der Waals surface area (Å²) in [5.41, 5.74) is -0.431. The van der Waals surface area contributed by atoms with Gasteiger partial charge in [0, 0.05) is 125 Å². The van der Waals surface area contributed by atoms with E-state index in [1.807, 2.05) is 81.9 Å². The average Bonchev–Trinajstić information content (AvgIpc) is 0.707. The molecule has 12 aromatic rings. The molecule has 3 fully saturated rings. The van der Waals surface area contributed by atoms with E-state index in [1.54, 1.807) is 84.2 Å². The number of pyridine rings is 6. The van der Waals surface area contributed by atoms with E-state index in [1.165, 1.54) is 50.1 Å². The van der Waals surface area contributed by atoms with E-state index in [9.17, 15) is 39.3 Å². The highest BCUT2D eigenvalue weighted by molar-refractivity contribution is 6.07. The molecular formula is C106H110F9N15O9. The minimum absolute atomic E-state index is 0.0830. The van der Waals surface area contributed by atoms with Crippen LogP contribution in [0.15, 0.2) is 162 Å².